The molecule has 1 aliphatic carbocycles. The third kappa shape index (κ3) is 2.32. The van der Waals surface area contributed by atoms with Crippen molar-refractivity contribution in [2.45, 2.75) is 38.6 Å². The van der Waals surface area contributed by atoms with Crippen molar-refractivity contribution >= 4 is 5.91 Å². The van der Waals surface area contributed by atoms with E-state index in [0.717, 1.165) is 31.4 Å². The Labute approximate surface area is 94.1 Å². The third-order valence-corrected chi connectivity index (χ3v) is 2.99. The van der Waals surface area contributed by atoms with E-state index in [0.29, 0.717) is 0 Å². The minimum absolute atomic E-state index is 0.206. The maximum absolute atomic E-state index is 11.8. The number of rotatable bonds is 2. The van der Waals surface area contributed by atoms with Crippen molar-refractivity contribution in [3.05, 3.63) is 33.7 Å². The van der Waals surface area contributed by atoms with Crippen molar-refractivity contribution in [1.29, 1.82) is 0 Å². The lowest BCUT2D eigenvalue weighted by atomic mass is 10.2. The van der Waals surface area contributed by atoms with E-state index >= 15 is 0 Å². The second kappa shape index (κ2) is 4.51. The van der Waals surface area contributed by atoms with Gasteiger partial charge in [-0.15, -0.1) is 0 Å². The number of aromatic nitrogens is 1. The molecule has 0 radical (unpaired) electrons. The van der Waals surface area contributed by atoms with E-state index in [1.54, 1.807) is 6.92 Å². The van der Waals surface area contributed by atoms with Gasteiger partial charge in [-0.2, -0.15) is 0 Å². The van der Waals surface area contributed by atoms with Gasteiger partial charge in [0.15, 0.2) is 5.43 Å². The molecule has 16 heavy (non-hydrogen) atoms. The smallest absolute Gasteiger partial charge is 0.256 e. The maximum Gasteiger partial charge on any atom is 0.256 e. The van der Waals surface area contributed by atoms with Gasteiger partial charge in [0.1, 0.15) is 5.56 Å². The van der Waals surface area contributed by atoms with Crippen LogP contribution in [0.1, 0.15) is 41.7 Å². The molecule has 1 saturated carbocycles. The molecule has 0 unspecified atom stereocenters. The predicted molar refractivity (Wildman–Crippen MR) is 61.5 cm³/mol. The summed E-state index contributed by atoms with van der Waals surface area (Å²) in [6.45, 7) is 1.79. The summed E-state index contributed by atoms with van der Waals surface area (Å²) in [6.07, 6.45) is 5.86. The van der Waals surface area contributed by atoms with Crippen LogP contribution in [0.25, 0.3) is 0 Å². The Morgan fingerprint density at radius 2 is 2.12 bits per heavy atom. The molecule has 1 amide bonds. The molecule has 0 aliphatic heterocycles. The number of nitrogens with one attached hydrogen (secondary N) is 2. The van der Waals surface area contributed by atoms with Crippen molar-refractivity contribution in [2.24, 2.45) is 0 Å². The average molecular weight is 220 g/mol. The van der Waals surface area contributed by atoms with Crippen LogP contribution in [0.5, 0.6) is 0 Å². The van der Waals surface area contributed by atoms with Gasteiger partial charge in [0.2, 0.25) is 0 Å². The maximum atomic E-state index is 11.8. The van der Waals surface area contributed by atoms with Gasteiger partial charge in [-0.3, -0.25) is 9.59 Å². The molecule has 2 N–H and O–H groups in total. The first-order chi connectivity index (χ1) is 7.66. The van der Waals surface area contributed by atoms with Gasteiger partial charge in [0.05, 0.1) is 0 Å². The van der Waals surface area contributed by atoms with Crippen LogP contribution in [-0.4, -0.2) is 16.9 Å². The number of aromatic amines is 1. The fourth-order valence-corrected chi connectivity index (χ4v) is 2.08. The Bertz CT molecular complexity index is 445. The van der Waals surface area contributed by atoms with Crippen LogP contribution < -0.4 is 10.7 Å². The zero-order valence-corrected chi connectivity index (χ0v) is 9.38. The van der Waals surface area contributed by atoms with Crippen LogP contribution in [-0.2, 0) is 0 Å². The van der Waals surface area contributed by atoms with Gasteiger partial charge in [-0.1, -0.05) is 12.8 Å². The first-order valence-electron chi connectivity index (χ1n) is 5.67. The van der Waals surface area contributed by atoms with E-state index < -0.39 is 0 Å². The summed E-state index contributed by atoms with van der Waals surface area (Å²) in [4.78, 5) is 26.3. The molecule has 86 valence electrons. The van der Waals surface area contributed by atoms with Crippen LogP contribution in [0.3, 0.4) is 0 Å². The Morgan fingerprint density at radius 1 is 1.44 bits per heavy atom. The number of H-pyrrole nitrogens is 1. The van der Waals surface area contributed by atoms with Gasteiger partial charge in [-0.05, 0) is 19.8 Å². The van der Waals surface area contributed by atoms with E-state index in [9.17, 15) is 9.59 Å². The molecule has 0 atom stereocenters. The van der Waals surface area contributed by atoms with Crippen LogP contribution in [0.4, 0.5) is 0 Å². The number of pyridine rings is 1. The molecule has 0 aromatic carbocycles. The van der Waals surface area contributed by atoms with Crippen molar-refractivity contribution in [2.75, 3.05) is 0 Å². The fraction of sp³-hybridized carbons (Fsp3) is 0.500. The Kier molecular flexibility index (Phi) is 3.08. The molecular formula is C12H16N2O2. The highest BCUT2D eigenvalue weighted by atomic mass is 16.2. The minimum atomic E-state index is -0.256. The number of aryl methyl sites for hydroxylation is 1. The number of hydrogen-bond donors (Lipinski definition) is 2. The van der Waals surface area contributed by atoms with Crippen molar-refractivity contribution in [3.8, 4) is 0 Å². The molecule has 4 heteroatoms. The zero-order valence-electron chi connectivity index (χ0n) is 9.38. The molecule has 2 rings (SSSR count). The van der Waals surface area contributed by atoms with Gasteiger partial charge in [-0.25, -0.2) is 0 Å². The summed E-state index contributed by atoms with van der Waals surface area (Å²) in [7, 11) is 0. The highest BCUT2D eigenvalue weighted by Gasteiger charge is 2.19. The zero-order chi connectivity index (χ0) is 11.5. The molecule has 0 saturated heterocycles. The molecule has 1 aromatic heterocycles. The van der Waals surface area contributed by atoms with Crippen molar-refractivity contribution < 1.29 is 4.79 Å². The normalized spacial score (nSPS) is 16.3. The second-order valence-corrected chi connectivity index (χ2v) is 4.35. The molecule has 0 spiro atoms. The summed E-state index contributed by atoms with van der Waals surface area (Å²) in [5, 5.41) is 2.90. The lowest BCUT2D eigenvalue weighted by Gasteiger charge is -2.11. The second-order valence-electron chi connectivity index (χ2n) is 4.35. The fourth-order valence-electron chi connectivity index (χ4n) is 2.08. The summed E-state index contributed by atoms with van der Waals surface area (Å²) in [5.74, 6) is -0.256. The van der Waals surface area contributed by atoms with Crippen LogP contribution in [0.15, 0.2) is 17.1 Å². The standard InChI is InChI=1S/C12H16N2O2/c1-8-6-11(15)10(7-13-8)12(16)14-9-4-2-3-5-9/h6-7,9H,2-5H2,1H3,(H,13,15)(H,14,16). The Morgan fingerprint density at radius 3 is 2.75 bits per heavy atom. The van der Waals surface area contributed by atoms with Crippen LogP contribution >= 0.6 is 0 Å². The van der Waals surface area contributed by atoms with Gasteiger partial charge >= 0.3 is 0 Å². The number of hydrogen-bond acceptors (Lipinski definition) is 2. The Balaban J connectivity index is 2.11. The van der Waals surface area contributed by atoms with E-state index in [2.05, 4.69) is 10.3 Å². The van der Waals surface area contributed by atoms with Crippen molar-refractivity contribution in [3.63, 3.8) is 0 Å². The largest absolute Gasteiger partial charge is 0.364 e. The van der Waals surface area contributed by atoms with Gasteiger partial charge < -0.3 is 10.3 Å². The predicted octanol–water partition coefficient (Wildman–Crippen LogP) is 1.36. The first-order valence-corrected chi connectivity index (χ1v) is 5.67. The summed E-state index contributed by atoms with van der Waals surface area (Å²) in [5.41, 5.74) is 0.756. The number of amides is 1. The quantitative estimate of drug-likeness (QED) is 0.790. The molecule has 1 aliphatic rings. The van der Waals surface area contributed by atoms with E-state index in [1.165, 1.54) is 12.3 Å². The minimum Gasteiger partial charge on any atom is -0.364 e. The average Bonchev–Trinajstić information content (AvgIpc) is 2.70. The molecule has 1 aromatic rings. The summed E-state index contributed by atoms with van der Waals surface area (Å²) in [6, 6.07) is 1.69. The molecule has 1 heterocycles. The monoisotopic (exact) mass is 220 g/mol. The highest BCUT2D eigenvalue weighted by molar-refractivity contribution is 5.93. The molecule has 1 fully saturated rings. The molecular weight excluding hydrogens is 204 g/mol. The van der Waals surface area contributed by atoms with E-state index in [4.69, 9.17) is 0 Å². The van der Waals surface area contributed by atoms with Crippen LogP contribution in [0.2, 0.25) is 0 Å². The topological polar surface area (TPSA) is 62.0 Å². The lowest BCUT2D eigenvalue weighted by Crippen LogP contribution is -2.35. The number of carbonyl (C=O) groups is 1. The highest BCUT2D eigenvalue weighted by Crippen LogP contribution is 2.17. The van der Waals surface area contributed by atoms with Crippen molar-refractivity contribution in [1.82, 2.24) is 10.3 Å². The lowest BCUT2D eigenvalue weighted by molar-refractivity contribution is 0.0936. The summed E-state index contributed by atoms with van der Waals surface area (Å²) < 4.78 is 0. The Hall–Kier alpha value is -1.58. The summed E-state index contributed by atoms with van der Waals surface area (Å²) >= 11 is 0. The molecule has 0 bridgehead atoms. The third-order valence-electron chi connectivity index (χ3n) is 2.99. The van der Waals surface area contributed by atoms with Gasteiger partial charge in [0.25, 0.3) is 5.91 Å². The first kappa shape index (κ1) is 10.9. The van der Waals surface area contributed by atoms with Gasteiger partial charge in [0, 0.05) is 24.0 Å². The van der Waals surface area contributed by atoms with E-state index in [1.807, 2.05) is 0 Å². The number of carbonyl (C=O) groups excluding carboxylic acids is 1. The van der Waals surface area contributed by atoms with Crippen LogP contribution in [0, 0.1) is 6.92 Å². The molecule has 4 nitrogen and oxygen atoms in total. The van der Waals surface area contributed by atoms with E-state index in [-0.39, 0.29) is 22.9 Å². The SMILES string of the molecule is Cc1cc(=O)c(C(=O)NC2CCCC2)c[nH]1.